The van der Waals surface area contributed by atoms with Gasteiger partial charge in [-0.1, -0.05) is 30.3 Å². The van der Waals surface area contributed by atoms with Crippen molar-refractivity contribution >= 4 is 11.8 Å². The molecule has 0 saturated carbocycles. The van der Waals surface area contributed by atoms with Gasteiger partial charge in [-0.25, -0.2) is 0 Å². The Labute approximate surface area is 163 Å². The van der Waals surface area contributed by atoms with Gasteiger partial charge in [0.25, 0.3) is 5.69 Å². The van der Waals surface area contributed by atoms with E-state index in [0.29, 0.717) is 12.4 Å². The van der Waals surface area contributed by atoms with Crippen molar-refractivity contribution in [3.05, 3.63) is 93.7 Å². The van der Waals surface area contributed by atoms with Crippen LogP contribution in [-0.2, 0) is 20.8 Å². The van der Waals surface area contributed by atoms with E-state index < -0.39 is 10.7 Å². The van der Waals surface area contributed by atoms with Gasteiger partial charge in [0.1, 0.15) is 5.76 Å². The Morgan fingerprint density at radius 1 is 1.18 bits per heavy atom. The summed E-state index contributed by atoms with van der Waals surface area (Å²) in [5.41, 5.74) is 2.00. The summed E-state index contributed by atoms with van der Waals surface area (Å²) in [5.74, 6) is -0.135. The molecule has 2 unspecified atom stereocenters. The van der Waals surface area contributed by atoms with Gasteiger partial charge < -0.3 is 14.2 Å². The molecule has 6 nitrogen and oxygen atoms in total. The lowest BCUT2D eigenvalue weighted by atomic mass is 10.1. The molecule has 144 valence electrons. The SMILES string of the molecule is O=[N+]([O-])c1ccc(/C=C2/C=CC3(CCCC(OCc4ccccc4)O3)O2)cc1. The first-order valence-electron chi connectivity index (χ1n) is 9.30. The average molecular weight is 379 g/mol. The maximum Gasteiger partial charge on any atom is 0.269 e. The molecule has 2 atom stereocenters. The number of ether oxygens (including phenoxy) is 3. The van der Waals surface area contributed by atoms with Gasteiger partial charge in [0.15, 0.2) is 6.29 Å². The van der Waals surface area contributed by atoms with E-state index in [2.05, 4.69) is 0 Å². The molecule has 2 aromatic carbocycles. The van der Waals surface area contributed by atoms with E-state index in [-0.39, 0.29) is 12.0 Å². The van der Waals surface area contributed by atoms with Gasteiger partial charge in [-0.05, 0) is 54.3 Å². The number of rotatable bonds is 5. The van der Waals surface area contributed by atoms with Crippen molar-refractivity contribution in [2.24, 2.45) is 0 Å². The molecule has 0 radical (unpaired) electrons. The summed E-state index contributed by atoms with van der Waals surface area (Å²) >= 11 is 0. The third-order valence-corrected chi connectivity index (χ3v) is 4.78. The largest absolute Gasteiger partial charge is 0.459 e. The van der Waals surface area contributed by atoms with Gasteiger partial charge >= 0.3 is 0 Å². The first kappa shape index (κ1) is 18.4. The van der Waals surface area contributed by atoms with Crippen LogP contribution in [0.25, 0.3) is 6.08 Å². The third kappa shape index (κ3) is 4.30. The lowest BCUT2D eigenvalue weighted by Gasteiger charge is -2.36. The van der Waals surface area contributed by atoms with Gasteiger partial charge in [0.05, 0.1) is 11.5 Å². The first-order chi connectivity index (χ1) is 13.6. The molecule has 0 amide bonds. The van der Waals surface area contributed by atoms with Gasteiger partial charge in [0, 0.05) is 18.6 Å². The fraction of sp³-hybridized carbons (Fsp3) is 0.273. The molecule has 28 heavy (non-hydrogen) atoms. The molecule has 1 spiro atoms. The van der Waals surface area contributed by atoms with Crippen LogP contribution in [0.4, 0.5) is 5.69 Å². The molecule has 4 rings (SSSR count). The number of hydrogen-bond acceptors (Lipinski definition) is 5. The summed E-state index contributed by atoms with van der Waals surface area (Å²) in [5, 5.41) is 10.8. The van der Waals surface area contributed by atoms with E-state index in [1.807, 2.05) is 48.6 Å². The molecule has 0 bridgehead atoms. The number of hydrogen-bond donors (Lipinski definition) is 0. The standard InChI is InChI=1S/C22H21NO5/c24-23(25)19-10-8-17(9-11-19)15-20-12-14-22(27-20)13-4-7-21(28-22)26-16-18-5-2-1-3-6-18/h1-3,5-6,8-12,14-15,21H,4,7,13,16H2/b20-15-. The van der Waals surface area contributed by atoms with E-state index in [4.69, 9.17) is 14.2 Å². The van der Waals surface area contributed by atoms with Gasteiger partial charge in [-0.2, -0.15) is 0 Å². The summed E-state index contributed by atoms with van der Waals surface area (Å²) in [6.07, 6.45) is 7.83. The zero-order valence-electron chi connectivity index (χ0n) is 15.3. The zero-order valence-corrected chi connectivity index (χ0v) is 15.3. The monoisotopic (exact) mass is 379 g/mol. The maximum absolute atomic E-state index is 10.8. The Balaban J connectivity index is 1.38. The van der Waals surface area contributed by atoms with Crippen molar-refractivity contribution < 1.29 is 19.1 Å². The smallest absolute Gasteiger partial charge is 0.269 e. The van der Waals surface area contributed by atoms with E-state index in [0.717, 1.165) is 30.4 Å². The Hall–Kier alpha value is -2.96. The van der Waals surface area contributed by atoms with Crippen LogP contribution < -0.4 is 0 Å². The van der Waals surface area contributed by atoms with Crippen molar-refractivity contribution in [2.45, 2.75) is 37.9 Å². The van der Waals surface area contributed by atoms with E-state index >= 15 is 0 Å². The second-order valence-electron chi connectivity index (χ2n) is 6.88. The molecule has 0 aliphatic carbocycles. The number of allylic oxidation sites excluding steroid dienone is 1. The van der Waals surface area contributed by atoms with Crippen LogP contribution in [0, 0.1) is 10.1 Å². The van der Waals surface area contributed by atoms with Crippen molar-refractivity contribution in [3.63, 3.8) is 0 Å². The van der Waals surface area contributed by atoms with Crippen molar-refractivity contribution in [3.8, 4) is 0 Å². The predicted octanol–water partition coefficient (Wildman–Crippen LogP) is 4.96. The van der Waals surface area contributed by atoms with Crippen molar-refractivity contribution in [1.29, 1.82) is 0 Å². The van der Waals surface area contributed by atoms with E-state index in [9.17, 15) is 10.1 Å². The molecule has 1 saturated heterocycles. The molecule has 2 aliphatic heterocycles. The number of benzene rings is 2. The summed E-state index contributed by atoms with van der Waals surface area (Å²) in [4.78, 5) is 10.3. The summed E-state index contributed by atoms with van der Waals surface area (Å²) < 4.78 is 18.1. The summed E-state index contributed by atoms with van der Waals surface area (Å²) in [7, 11) is 0. The van der Waals surface area contributed by atoms with Crippen LogP contribution in [0.1, 0.15) is 30.4 Å². The predicted molar refractivity (Wildman–Crippen MR) is 104 cm³/mol. The Kier molecular flexibility index (Phi) is 5.23. The fourth-order valence-corrected chi connectivity index (χ4v) is 3.34. The topological polar surface area (TPSA) is 70.8 Å². The van der Waals surface area contributed by atoms with Crippen LogP contribution in [-0.4, -0.2) is 17.0 Å². The van der Waals surface area contributed by atoms with Crippen LogP contribution in [0.15, 0.2) is 72.5 Å². The highest BCUT2D eigenvalue weighted by atomic mass is 16.8. The van der Waals surface area contributed by atoms with Crippen molar-refractivity contribution in [1.82, 2.24) is 0 Å². The lowest BCUT2D eigenvalue weighted by molar-refractivity contribution is -0.384. The maximum atomic E-state index is 10.8. The highest BCUT2D eigenvalue weighted by Gasteiger charge is 2.40. The first-order valence-corrected chi connectivity index (χ1v) is 9.30. The summed E-state index contributed by atoms with van der Waals surface area (Å²) in [6, 6.07) is 16.3. The summed E-state index contributed by atoms with van der Waals surface area (Å²) in [6.45, 7) is 0.497. The minimum absolute atomic E-state index is 0.0653. The van der Waals surface area contributed by atoms with Gasteiger partial charge in [0.2, 0.25) is 5.79 Å². The molecule has 2 heterocycles. The molecule has 0 aromatic heterocycles. The third-order valence-electron chi connectivity index (χ3n) is 4.78. The second kappa shape index (κ2) is 7.96. The molecule has 6 heteroatoms. The highest BCUT2D eigenvalue weighted by Crippen LogP contribution is 2.38. The molecular formula is C22H21NO5. The minimum Gasteiger partial charge on any atom is -0.459 e. The second-order valence-corrected chi connectivity index (χ2v) is 6.88. The lowest BCUT2D eigenvalue weighted by Crippen LogP contribution is -2.40. The Morgan fingerprint density at radius 3 is 2.71 bits per heavy atom. The number of nitro benzene ring substituents is 1. The zero-order chi connectivity index (χ0) is 19.4. The Bertz CT molecular complexity index is 891. The van der Waals surface area contributed by atoms with Crippen LogP contribution >= 0.6 is 0 Å². The van der Waals surface area contributed by atoms with Gasteiger partial charge in [-0.3, -0.25) is 10.1 Å². The minimum atomic E-state index is -0.799. The molecule has 1 fully saturated rings. The van der Waals surface area contributed by atoms with E-state index in [1.54, 1.807) is 12.1 Å². The highest BCUT2D eigenvalue weighted by molar-refractivity contribution is 5.56. The number of non-ortho nitro benzene ring substituents is 1. The number of nitro groups is 1. The van der Waals surface area contributed by atoms with E-state index in [1.165, 1.54) is 12.1 Å². The Morgan fingerprint density at radius 2 is 1.96 bits per heavy atom. The molecular weight excluding hydrogens is 358 g/mol. The van der Waals surface area contributed by atoms with Crippen LogP contribution in [0.5, 0.6) is 0 Å². The van der Waals surface area contributed by atoms with Gasteiger partial charge in [-0.15, -0.1) is 0 Å². The molecule has 0 N–H and O–H groups in total. The van der Waals surface area contributed by atoms with Crippen LogP contribution in [0.2, 0.25) is 0 Å². The van der Waals surface area contributed by atoms with Crippen molar-refractivity contribution in [2.75, 3.05) is 0 Å². The fourth-order valence-electron chi connectivity index (χ4n) is 3.34. The normalized spacial score (nSPS) is 25.1. The molecule has 2 aliphatic rings. The molecule has 2 aromatic rings. The quantitative estimate of drug-likeness (QED) is 0.542. The van der Waals surface area contributed by atoms with Crippen LogP contribution in [0.3, 0.4) is 0 Å². The average Bonchev–Trinajstić information content (AvgIpc) is 3.09. The number of nitrogens with zero attached hydrogens (tertiary/aromatic N) is 1.